The molecule has 4 heteroatoms. The Morgan fingerprint density at radius 2 is 1.38 bits per heavy atom. The van der Waals surface area contributed by atoms with Gasteiger partial charge in [-0.2, -0.15) is 9.34 Å². The summed E-state index contributed by atoms with van der Waals surface area (Å²) in [5.74, 6) is 0. The molecule has 0 aliphatic rings. The minimum atomic E-state index is -1.31. The molecular weight excluding hydrogens is 330 g/mol. The Morgan fingerprint density at radius 3 is 1.69 bits per heavy atom. The Balaban J connectivity index is 0.00000225. The second kappa shape index (κ2) is 6.90. The molecule has 0 bridgehead atoms. The molecule has 0 aliphatic heterocycles. The zero-order valence-electron chi connectivity index (χ0n) is 10.8. The van der Waals surface area contributed by atoms with E-state index in [-0.39, 0.29) is 24.0 Å². The summed E-state index contributed by atoms with van der Waals surface area (Å²) in [5.41, 5.74) is 0. The van der Waals surface area contributed by atoms with Gasteiger partial charge in [0.25, 0.3) is 0 Å². The molecule has 0 heterocycles. The van der Waals surface area contributed by atoms with E-state index in [2.05, 4.69) is 74.8 Å². The highest BCUT2D eigenvalue weighted by Gasteiger charge is 2.44. The maximum Gasteiger partial charge on any atom is 0.184 e. The van der Waals surface area contributed by atoms with E-state index in [9.17, 15) is 0 Å². The van der Waals surface area contributed by atoms with Crippen LogP contribution in [0, 0.1) is 0 Å². The number of hydrogen-bond donors (Lipinski definition) is 0. The Kier molecular flexibility index (Phi) is 7.03. The van der Waals surface area contributed by atoms with E-state index in [0.29, 0.717) is 0 Å². The molecule has 0 radical (unpaired) electrons. The normalized spacial score (nSPS) is 11.7. The summed E-state index contributed by atoms with van der Waals surface area (Å²) in [4.78, 5) is 0. The van der Waals surface area contributed by atoms with Gasteiger partial charge in [-0.05, 0) is 19.1 Å². The van der Waals surface area contributed by atoms with Crippen molar-refractivity contribution in [3.8, 4) is 0 Å². The highest BCUT2D eigenvalue weighted by molar-refractivity contribution is 14.0. The number of benzene rings is 1. The Bertz CT molecular complexity index is 293. The first-order chi connectivity index (χ1) is 7.05. The van der Waals surface area contributed by atoms with E-state index < -0.39 is 7.56 Å². The molecular formula is C12H23IN2P+. The average molecular weight is 353 g/mol. The summed E-state index contributed by atoms with van der Waals surface area (Å²) < 4.78 is 4.78. The molecule has 0 saturated heterocycles. The maximum absolute atomic E-state index is 2.39. The lowest BCUT2D eigenvalue weighted by Gasteiger charge is -2.35. The molecule has 0 N–H and O–H groups in total. The van der Waals surface area contributed by atoms with Gasteiger partial charge in [0.1, 0.15) is 5.30 Å². The summed E-state index contributed by atoms with van der Waals surface area (Å²) in [6.45, 7) is 2.28. The first kappa shape index (κ1) is 16.3. The van der Waals surface area contributed by atoms with Crippen molar-refractivity contribution >= 4 is 36.8 Å². The molecule has 0 amide bonds. The highest BCUT2D eigenvalue weighted by Crippen LogP contribution is 2.60. The van der Waals surface area contributed by atoms with Crippen LogP contribution in [0.4, 0.5) is 0 Å². The third-order valence-corrected chi connectivity index (χ3v) is 7.59. The summed E-state index contributed by atoms with van der Waals surface area (Å²) in [6.07, 6.45) is 1.18. The van der Waals surface area contributed by atoms with Gasteiger partial charge in [0, 0.05) is 28.2 Å². The van der Waals surface area contributed by atoms with Crippen LogP contribution in [0.5, 0.6) is 0 Å². The summed E-state index contributed by atoms with van der Waals surface area (Å²) >= 11 is 0. The molecule has 0 atom stereocenters. The van der Waals surface area contributed by atoms with Crippen LogP contribution in [0.25, 0.3) is 0 Å². The largest absolute Gasteiger partial charge is 0.184 e. The van der Waals surface area contributed by atoms with Crippen LogP contribution in [0.3, 0.4) is 0 Å². The minimum absolute atomic E-state index is 0. The van der Waals surface area contributed by atoms with Gasteiger partial charge in [-0.25, -0.2) is 0 Å². The maximum atomic E-state index is 2.39. The lowest BCUT2D eigenvalue weighted by molar-refractivity contribution is 0.560. The molecule has 1 rings (SSSR count). The van der Waals surface area contributed by atoms with Crippen molar-refractivity contribution in [3.63, 3.8) is 0 Å². The predicted molar refractivity (Wildman–Crippen MR) is 86.3 cm³/mol. The number of nitrogens with zero attached hydrogens (tertiary/aromatic N) is 2. The SMILES string of the molecule is CC[P+](c1ccccc1)(N(C)C)N(C)C.I. The predicted octanol–water partition coefficient (Wildman–Crippen LogP) is 2.92. The van der Waals surface area contributed by atoms with E-state index in [1.807, 2.05) is 0 Å². The van der Waals surface area contributed by atoms with Crippen molar-refractivity contribution in [1.29, 1.82) is 0 Å². The molecule has 0 aromatic heterocycles. The molecule has 0 aliphatic carbocycles. The first-order valence-corrected chi connectivity index (χ1v) is 7.23. The smallest absolute Gasteiger partial charge is 0.165 e. The summed E-state index contributed by atoms with van der Waals surface area (Å²) in [7, 11) is 7.43. The number of halogens is 1. The quantitative estimate of drug-likeness (QED) is 0.607. The lowest BCUT2D eigenvalue weighted by Crippen LogP contribution is -2.35. The van der Waals surface area contributed by atoms with Gasteiger partial charge in [0.15, 0.2) is 7.56 Å². The number of rotatable bonds is 4. The van der Waals surface area contributed by atoms with Crippen LogP contribution in [0.15, 0.2) is 30.3 Å². The monoisotopic (exact) mass is 353 g/mol. The summed E-state index contributed by atoms with van der Waals surface area (Å²) in [6, 6.07) is 10.8. The van der Waals surface area contributed by atoms with Gasteiger partial charge >= 0.3 is 0 Å². The second-order valence-electron chi connectivity index (χ2n) is 4.08. The lowest BCUT2D eigenvalue weighted by atomic mass is 10.4. The minimum Gasteiger partial charge on any atom is -0.165 e. The zero-order valence-corrected chi connectivity index (χ0v) is 14.1. The molecule has 0 saturated carbocycles. The second-order valence-corrected chi connectivity index (χ2v) is 8.29. The molecule has 16 heavy (non-hydrogen) atoms. The van der Waals surface area contributed by atoms with Crippen LogP contribution < -0.4 is 5.30 Å². The first-order valence-electron chi connectivity index (χ1n) is 5.35. The topological polar surface area (TPSA) is 6.48 Å². The Hall–Kier alpha value is 0.300. The van der Waals surface area contributed by atoms with Gasteiger partial charge in [-0.1, -0.05) is 18.2 Å². The molecule has 1 aromatic rings. The van der Waals surface area contributed by atoms with Gasteiger partial charge in [-0.15, -0.1) is 24.0 Å². The van der Waals surface area contributed by atoms with Crippen molar-refractivity contribution in [2.75, 3.05) is 34.4 Å². The van der Waals surface area contributed by atoms with Crippen LogP contribution >= 0.6 is 31.5 Å². The molecule has 92 valence electrons. The molecule has 0 fully saturated rings. The fraction of sp³-hybridized carbons (Fsp3) is 0.500. The molecule has 2 nitrogen and oxygen atoms in total. The highest BCUT2D eigenvalue weighted by atomic mass is 127. The van der Waals surface area contributed by atoms with Crippen molar-refractivity contribution in [3.05, 3.63) is 30.3 Å². The van der Waals surface area contributed by atoms with Crippen molar-refractivity contribution < 1.29 is 0 Å². The van der Waals surface area contributed by atoms with Crippen LogP contribution in [0.1, 0.15) is 6.92 Å². The molecule has 0 unspecified atom stereocenters. The van der Waals surface area contributed by atoms with E-state index in [1.54, 1.807) is 0 Å². The van der Waals surface area contributed by atoms with E-state index >= 15 is 0 Å². The van der Waals surface area contributed by atoms with Crippen LogP contribution in [0.2, 0.25) is 0 Å². The van der Waals surface area contributed by atoms with Gasteiger partial charge < -0.3 is 0 Å². The van der Waals surface area contributed by atoms with Crippen LogP contribution in [-0.2, 0) is 0 Å². The molecule has 1 aromatic carbocycles. The third-order valence-electron chi connectivity index (χ3n) is 2.93. The van der Waals surface area contributed by atoms with Gasteiger partial charge in [0.2, 0.25) is 0 Å². The zero-order chi connectivity index (χ0) is 11.5. The number of hydrogen-bond acceptors (Lipinski definition) is 2. The fourth-order valence-electron chi connectivity index (χ4n) is 2.23. The average Bonchev–Trinajstić information content (AvgIpc) is 2.20. The van der Waals surface area contributed by atoms with Crippen molar-refractivity contribution in [2.24, 2.45) is 0 Å². The van der Waals surface area contributed by atoms with E-state index in [1.165, 1.54) is 11.5 Å². The van der Waals surface area contributed by atoms with Crippen molar-refractivity contribution in [2.45, 2.75) is 6.92 Å². The third kappa shape index (κ3) is 2.95. The van der Waals surface area contributed by atoms with Gasteiger partial charge in [0.05, 0.1) is 6.16 Å². The fourth-order valence-corrected chi connectivity index (χ4v) is 6.02. The van der Waals surface area contributed by atoms with Crippen LogP contribution in [-0.4, -0.2) is 43.7 Å². The summed E-state index contributed by atoms with van der Waals surface area (Å²) in [5, 5.41) is 1.46. The Morgan fingerprint density at radius 1 is 0.938 bits per heavy atom. The van der Waals surface area contributed by atoms with E-state index in [4.69, 9.17) is 0 Å². The van der Waals surface area contributed by atoms with E-state index in [0.717, 1.165) is 0 Å². The van der Waals surface area contributed by atoms with Crippen molar-refractivity contribution in [1.82, 2.24) is 9.34 Å². The Labute approximate surface area is 117 Å². The van der Waals surface area contributed by atoms with Gasteiger partial charge in [-0.3, -0.25) is 0 Å². The standard InChI is InChI=1S/C12H22N2P.HI/c1-6-15(13(2)3,14(4)5)12-10-8-7-9-11-12;/h7-11H,6H2,1-5H3;1H/q+1;. The molecule has 0 spiro atoms.